The van der Waals surface area contributed by atoms with Gasteiger partial charge in [0.1, 0.15) is 0 Å². The zero-order chi connectivity index (χ0) is 13.5. The standard InChI is InChI=1S/C15H20N4/c1-3-9-17-15(16-4-2)18-11-13-10-12-7-5-6-8-14(12)19-13/h3,5-8,10,19H,1,4,9,11H2,2H3,(H2,16,17,18). The van der Waals surface area contributed by atoms with E-state index in [2.05, 4.69) is 45.4 Å². The smallest absolute Gasteiger partial charge is 0.191 e. The molecule has 2 rings (SSSR count). The highest BCUT2D eigenvalue weighted by Gasteiger charge is 2.00. The SMILES string of the molecule is C=CCNC(=NCc1cc2ccccc2[nH]1)NCC. The second-order valence-electron chi connectivity index (χ2n) is 4.25. The zero-order valence-electron chi connectivity index (χ0n) is 11.2. The monoisotopic (exact) mass is 256 g/mol. The summed E-state index contributed by atoms with van der Waals surface area (Å²) in [5, 5.41) is 7.60. The summed E-state index contributed by atoms with van der Waals surface area (Å²) in [5.74, 6) is 0.807. The number of guanidine groups is 1. The first-order valence-corrected chi connectivity index (χ1v) is 6.53. The quantitative estimate of drug-likeness (QED) is 0.437. The molecule has 1 heterocycles. The molecule has 1 aromatic heterocycles. The van der Waals surface area contributed by atoms with Crippen molar-refractivity contribution in [2.24, 2.45) is 4.99 Å². The van der Waals surface area contributed by atoms with E-state index < -0.39 is 0 Å². The molecule has 0 atom stereocenters. The molecule has 0 aliphatic heterocycles. The van der Waals surface area contributed by atoms with Crippen LogP contribution in [0.4, 0.5) is 0 Å². The lowest BCUT2D eigenvalue weighted by Crippen LogP contribution is -2.37. The zero-order valence-corrected chi connectivity index (χ0v) is 11.2. The van der Waals surface area contributed by atoms with E-state index in [0.717, 1.165) is 23.7 Å². The average molecular weight is 256 g/mol. The van der Waals surface area contributed by atoms with Gasteiger partial charge in [0.2, 0.25) is 0 Å². The second-order valence-corrected chi connectivity index (χ2v) is 4.25. The van der Waals surface area contributed by atoms with Crippen LogP contribution in [0.2, 0.25) is 0 Å². The lowest BCUT2D eigenvalue weighted by molar-refractivity contribution is 0.855. The Labute approximate surface area is 113 Å². The van der Waals surface area contributed by atoms with Crippen molar-refractivity contribution in [2.75, 3.05) is 13.1 Å². The van der Waals surface area contributed by atoms with E-state index in [1.165, 1.54) is 5.39 Å². The van der Waals surface area contributed by atoms with Crippen molar-refractivity contribution in [2.45, 2.75) is 13.5 Å². The second kappa shape index (κ2) is 6.64. The third-order valence-corrected chi connectivity index (χ3v) is 2.75. The van der Waals surface area contributed by atoms with Gasteiger partial charge in [-0.05, 0) is 24.4 Å². The minimum Gasteiger partial charge on any atom is -0.357 e. The molecule has 4 nitrogen and oxygen atoms in total. The van der Waals surface area contributed by atoms with Gasteiger partial charge in [0.25, 0.3) is 0 Å². The van der Waals surface area contributed by atoms with Crippen LogP contribution in [0.5, 0.6) is 0 Å². The predicted molar refractivity (Wildman–Crippen MR) is 81.3 cm³/mol. The van der Waals surface area contributed by atoms with Gasteiger partial charge in [-0.25, -0.2) is 4.99 Å². The van der Waals surface area contributed by atoms with Crippen molar-refractivity contribution in [1.29, 1.82) is 0 Å². The Morgan fingerprint density at radius 1 is 1.37 bits per heavy atom. The first-order chi connectivity index (χ1) is 9.33. The minimum absolute atomic E-state index is 0.626. The number of para-hydroxylation sites is 1. The van der Waals surface area contributed by atoms with Gasteiger partial charge in [-0.3, -0.25) is 0 Å². The summed E-state index contributed by atoms with van der Waals surface area (Å²) >= 11 is 0. The van der Waals surface area contributed by atoms with Crippen molar-refractivity contribution >= 4 is 16.9 Å². The van der Waals surface area contributed by atoms with E-state index >= 15 is 0 Å². The van der Waals surface area contributed by atoms with E-state index in [1.54, 1.807) is 0 Å². The van der Waals surface area contributed by atoms with Crippen LogP contribution in [0.25, 0.3) is 10.9 Å². The van der Waals surface area contributed by atoms with Crippen LogP contribution in [0, 0.1) is 0 Å². The molecule has 1 aromatic carbocycles. The first kappa shape index (κ1) is 13.2. The topological polar surface area (TPSA) is 52.2 Å². The third-order valence-electron chi connectivity index (χ3n) is 2.75. The lowest BCUT2D eigenvalue weighted by Gasteiger charge is -2.08. The fraction of sp³-hybridized carbons (Fsp3) is 0.267. The maximum Gasteiger partial charge on any atom is 0.191 e. The summed E-state index contributed by atoms with van der Waals surface area (Å²) < 4.78 is 0. The lowest BCUT2D eigenvalue weighted by atomic mass is 10.2. The Balaban J connectivity index is 2.07. The maximum absolute atomic E-state index is 4.53. The molecule has 0 fully saturated rings. The molecule has 2 aromatic rings. The summed E-state index contributed by atoms with van der Waals surface area (Å²) in [6.45, 7) is 7.91. The molecule has 0 saturated heterocycles. The fourth-order valence-corrected chi connectivity index (χ4v) is 1.89. The van der Waals surface area contributed by atoms with Gasteiger partial charge >= 0.3 is 0 Å². The highest BCUT2D eigenvalue weighted by Crippen LogP contribution is 2.14. The van der Waals surface area contributed by atoms with Crippen molar-refractivity contribution < 1.29 is 0 Å². The number of hydrogen-bond acceptors (Lipinski definition) is 1. The van der Waals surface area contributed by atoms with Gasteiger partial charge in [-0.1, -0.05) is 24.3 Å². The van der Waals surface area contributed by atoms with E-state index in [1.807, 2.05) is 25.1 Å². The number of rotatable bonds is 5. The van der Waals surface area contributed by atoms with Crippen molar-refractivity contribution in [3.63, 3.8) is 0 Å². The highest BCUT2D eigenvalue weighted by atomic mass is 15.2. The molecule has 0 bridgehead atoms. The van der Waals surface area contributed by atoms with E-state index in [0.29, 0.717) is 13.1 Å². The fourth-order valence-electron chi connectivity index (χ4n) is 1.89. The molecular formula is C15H20N4. The number of benzene rings is 1. The molecule has 100 valence electrons. The summed E-state index contributed by atoms with van der Waals surface area (Å²) in [7, 11) is 0. The van der Waals surface area contributed by atoms with Gasteiger partial charge in [0.15, 0.2) is 5.96 Å². The van der Waals surface area contributed by atoms with Gasteiger partial charge in [0.05, 0.1) is 6.54 Å². The number of hydrogen-bond donors (Lipinski definition) is 3. The number of aliphatic imine (C=N–C) groups is 1. The maximum atomic E-state index is 4.53. The summed E-state index contributed by atoms with van der Waals surface area (Å²) in [6, 6.07) is 10.4. The molecule has 0 aliphatic rings. The molecule has 4 heteroatoms. The largest absolute Gasteiger partial charge is 0.357 e. The average Bonchev–Trinajstić information content (AvgIpc) is 2.84. The van der Waals surface area contributed by atoms with Gasteiger partial charge in [-0.15, -0.1) is 6.58 Å². The molecule has 0 unspecified atom stereocenters. The number of aromatic nitrogens is 1. The van der Waals surface area contributed by atoms with Gasteiger partial charge in [-0.2, -0.15) is 0 Å². The molecular weight excluding hydrogens is 236 g/mol. The van der Waals surface area contributed by atoms with Crippen LogP contribution in [0.3, 0.4) is 0 Å². The van der Waals surface area contributed by atoms with E-state index in [4.69, 9.17) is 0 Å². The van der Waals surface area contributed by atoms with Crippen LogP contribution in [0.15, 0.2) is 48.0 Å². The molecule has 0 radical (unpaired) electrons. The van der Waals surface area contributed by atoms with Gasteiger partial charge in [0, 0.05) is 24.3 Å². The van der Waals surface area contributed by atoms with Crippen molar-refractivity contribution in [3.05, 3.63) is 48.7 Å². The molecule has 0 spiro atoms. The van der Waals surface area contributed by atoms with Crippen molar-refractivity contribution in [1.82, 2.24) is 15.6 Å². The molecule has 0 saturated carbocycles. The number of H-pyrrole nitrogens is 1. The Hall–Kier alpha value is -2.23. The highest BCUT2D eigenvalue weighted by molar-refractivity contribution is 5.81. The third kappa shape index (κ3) is 3.61. The number of aromatic amines is 1. The molecule has 3 N–H and O–H groups in total. The summed E-state index contributed by atoms with van der Waals surface area (Å²) in [6.07, 6.45) is 1.82. The molecule has 19 heavy (non-hydrogen) atoms. The molecule has 0 amide bonds. The number of nitrogens with zero attached hydrogens (tertiary/aromatic N) is 1. The number of fused-ring (bicyclic) bond motifs is 1. The van der Waals surface area contributed by atoms with Crippen LogP contribution in [-0.4, -0.2) is 24.0 Å². The van der Waals surface area contributed by atoms with E-state index in [-0.39, 0.29) is 0 Å². The Kier molecular flexibility index (Phi) is 4.61. The predicted octanol–water partition coefficient (Wildman–Crippen LogP) is 2.41. The van der Waals surface area contributed by atoms with Gasteiger partial charge < -0.3 is 15.6 Å². The van der Waals surface area contributed by atoms with Crippen LogP contribution in [0.1, 0.15) is 12.6 Å². The Morgan fingerprint density at radius 2 is 2.21 bits per heavy atom. The van der Waals surface area contributed by atoms with Crippen LogP contribution in [-0.2, 0) is 6.54 Å². The first-order valence-electron chi connectivity index (χ1n) is 6.53. The van der Waals surface area contributed by atoms with Crippen LogP contribution < -0.4 is 10.6 Å². The minimum atomic E-state index is 0.626. The number of nitrogens with one attached hydrogen (secondary N) is 3. The normalized spacial score (nSPS) is 11.5. The summed E-state index contributed by atoms with van der Waals surface area (Å²) in [4.78, 5) is 7.90. The Morgan fingerprint density at radius 3 is 2.95 bits per heavy atom. The van der Waals surface area contributed by atoms with E-state index in [9.17, 15) is 0 Å². The molecule has 0 aliphatic carbocycles. The Bertz CT molecular complexity index is 535. The van der Waals surface area contributed by atoms with Crippen LogP contribution >= 0.6 is 0 Å². The van der Waals surface area contributed by atoms with Crippen molar-refractivity contribution in [3.8, 4) is 0 Å². The summed E-state index contributed by atoms with van der Waals surface area (Å²) in [5.41, 5.74) is 2.26.